The number of allylic oxidation sites excluding steroid dienone is 4. The molecule has 0 aromatic carbocycles. The molecule has 0 spiro atoms. The largest absolute Gasteiger partial charge is 0.393 e. The molecule has 4 aliphatic carbocycles. The van der Waals surface area contributed by atoms with Crippen LogP contribution in [0.25, 0.3) is 0 Å². The van der Waals surface area contributed by atoms with E-state index in [1.165, 1.54) is 44.9 Å². The molecule has 0 radical (unpaired) electrons. The molecule has 0 aromatic rings. The van der Waals surface area contributed by atoms with Gasteiger partial charge in [0.2, 0.25) is 0 Å². The minimum Gasteiger partial charge on any atom is -0.393 e. The van der Waals surface area contributed by atoms with Gasteiger partial charge >= 0.3 is 0 Å². The van der Waals surface area contributed by atoms with Gasteiger partial charge in [0.05, 0.1) is 6.10 Å². The van der Waals surface area contributed by atoms with Crippen molar-refractivity contribution in [1.82, 2.24) is 0 Å². The topological polar surface area (TPSA) is 20.2 Å². The van der Waals surface area contributed by atoms with Crippen molar-refractivity contribution in [3.63, 3.8) is 0 Å². The molecular weight excluding hydrogens is 268 g/mol. The van der Waals surface area contributed by atoms with E-state index in [1.54, 1.807) is 5.57 Å². The van der Waals surface area contributed by atoms with E-state index in [0.717, 1.165) is 17.8 Å². The third kappa shape index (κ3) is 1.87. The Bertz CT molecular complexity index is 516. The highest BCUT2D eigenvalue weighted by Gasteiger charge is 2.58. The molecule has 0 saturated heterocycles. The van der Waals surface area contributed by atoms with E-state index in [1.807, 2.05) is 6.92 Å². The number of aliphatic hydroxyl groups excluding tert-OH is 1. The Morgan fingerprint density at radius 3 is 2.73 bits per heavy atom. The SMILES string of the molecule is CC(O)[C@H]1CC[C@H]2[C@@H]3CCC4=CC=CC[C@]4(C)[C@H]3CC[C@]12C. The molecule has 0 heterocycles. The van der Waals surface area contributed by atoms with Gasteiger partial charge in [0.15, 0.2) is 0 Å². The summed E-state index contributed by atoms with van der Waals surface area (Å²) in [6, 6.07) is 0. The second-order valence-corrected chi connectivity index (χ2v) is 9.13. The summed E-state index contributed by atoms with van der Waals surface area (Å²) in [5.74, 6) is 3.17. The van der Waals surface area contributed by atoms with E-state index >= 15 is 0 Å². The number of hydrogen-bond donors (Lipinski definition) is 1. The van der Waals surface area contributed by atoms with Gasteiger partial charge in [0.1, 0.15) is 0 Å². The molecule has 1 N–H and O–H groups in total. The Morgan fingerprint density at radius 1 is 1.14 bits per heavy atom. The first-order chi connectivity index (χ1) is 10.5. The maximum Gasteiger partial charge on any atom is 0.0545 e. The van der Waals surface area contributed by atoms with Crippen LogP contribution in [0.3, 0.4) is 0 Å². The maximum atomic E-state index is 10.3. The Hall–Kier alpha value is -0.560. The lowest BCUT2D eigenvalue weighted by Gasteiger charge is -2.58. The van der Waals surface area contributed by atoms with Crippen molar-refractivity contribution < 1.29 is 5.11 Å². The molecule has 0 bridgehead atoms. The number of hydrogen-bond acceptors (Lipinski definition) is 1. The van der Waals surface area contributed by atoms with E-state index in [9.17, 15) is 5.11 Å². The summed E-state index contributed by atoms with van der Waals surface area (Å²) in [5.41, 5.74) is 2.56. The van der Waals surface area contributed by atoms with Crippen molar-refractivity contribution in [2.45, 2.75) is 71.8 Å². The van der Waals surface area contributed by atoms with E-state index in [4.69, 9.17) is 0 Å². The van der Waals surface area contributed by atoms with Crippen molar-refractivity contribution in [2.24, 2.45) is 34.5 Å². The minimum absolute atomic E-state index is 0.126. The molecule has 0 aromatic heterocycles. The minimum atomic E-state index is -0.126. The van der Waals surface area contributed by atoms with Crippen LogP contribution in [-0.4, -0.2) is 11.2 Å². The summed E-state index contributed by atoms with van der Waals surface area (Å²) in [4.78, 5) is 0. The van der Waals surface area contributed by atoms with E-state index in [0.29, 0.717) is 16.7 Å². The van der Waals surface area contributed by atoms with Crippen molar-refractivity contribution in [1.29, 1.82) is 0 Å². The van der Waals surface area contributed by atoms with Gasteiger partial charge in [0.25, 0.3) is 0 Å². The first-order valence-corrected chi connectivity index (χ1v) is 9.51. The van der Waals surface area contributed by atoms with Crippen LogP contribution in [0.1, 0.15) is 65.7 Å². The summed E-state index contributed by atoms with van der Waals surface area (Å²) in [5, 5.41) is 10.3. The standard InChI is InChI=1S/C21H32O/c1-14(22)17-9-10-18-16-8-7-15-6-4-5-12-20(15,2)19(16)11-13-21(17,18)3/h4-6,14,16-19,22H,7-13H2,1-3H3/t14?,16-,17+,18-,19-,20-,21+/m0/s1. The zero-order chi connectivity index (χ0) is 15.5. The number of aliphatic hydroxyl groups is 1. The smallest absolute Gasteiger partial charge is 0.0545 e. The second-order valence-electron chi connectivity index (χ2n) is 9.13. The lowest BCUT2D eigenvalue weighted by atomic mass is 9.47. The first kappa shape index (κ1) is 15.0. The summed E-state index contributed by atoms with van der Waals surface area (Å²) in [6.07, 6.45) is 16.3. The van der Waals surface area contributed by atoms with E-state index < -0.39 is 0 Å². The van der Waals surface area contributed by atoms with Gasteiger partial charge < -0.3 is 5.11 Å². The van der Waals surface area contributed by atoms with Crippen LogP contribution in [-0.2, 0) is 0 Å². The summed E-state index contributed by atoms with van der Waals surface area (Å²) < 4.78 is 0. The molecular formula is C21H32O. The quantitative estimate of drug-likeness (QED) is 0.713. The van der Waals surface area contributed by atoms with Crippen LogP contribution in [0.15, 0.2) is 23.8 Å². The summed E-state index contributed by atoms with van der Waals surface area (Å²) in [6.45, 7) is 7.08. The second kappa shape index (κ2) is 4.97. The molecule has 4 rings (SSSR count). The number of rotatable bonds is 1. The molecule has 1 heteroatoms. The van der Waals surface area contributed by atoms with Crippen LogP contribution in [0, 0.1) is 34.5 Å². The molecule has 4 aliphatic rings. The lowest BCUT2D eigenvalue weighted by Crippen LogP contribution is -2.50. The monoisotopic (exact) mass is 300 g/mol. The fourth-order valence-electron chi connectivity index (χ4n) is 7.21. The first-order valence-electron chi connectivity index (χ1n) is 9.51. The zero-order valence-corrected chi connectivity index (χ0v) is 14.5. The Balaban J connectivity index is 1.66. The van der Waals surface area contributed by atoms with Crippen molar-refractivity contribution in [3.05, 3.63) is 23.8 Å². The summed E-state index contributed by atoms with van der Waals surface area (Å²) >= 11 is 0. The molecule has 122 valence electrons. The Morgan fingerprint density at radius 2 is 1.95 bits per heavy atom. The lowest BCUT2D eigenvalue weighted by molar-refractivity contribution is -0.0661. The van der Waals surface area contributed by atoms with Gasteiger partial charge in [-0.05, 0) is 86.4 Å². The fraction of sp³-hybridized carbons (Fsp3) is 0.810. The third-order valence-corrected chi connectivity index (χ3v) is 8.37. The third-order valence-electron chi connectivity index (χ3n) is 8.37. The Kier molecular flexibility index (Phi) is 3.39. The van der Waals surface area contributed by atoms with Crippen LogP contribution < -0.4 is 0 Å². The predicted octanol–water partition coefficient (Wildman–Crippen LogP) is 5.11. The van der Waals surface area contributed by atoms with Gasteiger partial charge in [-0.2, -0.15) is 0 Å². The average Bonchev–Trinajstić information content (AvgIpc) is 2.84. The van der Waals surface area contributed by atoms with Crippen LogP contribution in [0.4, 0.5) is 0 Å². The summed E-state index contributed by atoms with van der Waals surface area (Å²) in [7, 11) is 0. The highest BCUT2D eigenvalue weighted by Crippen LogP contribution is 2.66. The predicted molar refractivity (Wildman–Crippen MR) is 91.4 cm³/mol. The van der Waals surface area contributed by atoms with Crippen molar-refractivity contribution in [3.8, 4) is 0 Å². The zero-order valence-electron chi connectivity index (χ0n) is 14.5. The van der Waals surface area contributed by atoms with Crippen molar-refractivity contribution in [2.75, 3.05) is 0 Å². The molecule has 1 nitrogen and oxygen atoms in total. The molecule has 0 amide bonds. The fourth-order valence-corrected chi connectivity index (χ4v) is 7.21. The molecule has 0 aliphatic heterocycles. The highest BCUT2D eigenvalue weighted by atomic mass is 16.3. The van der Waals surface area contributed by atoms with Crippen LogP contribution in [0.5, 0.6) is 0 Å². The molecule has 22 heavy (non-hydrogen) atoms. The van der Waals surface area contributed by atoms with Gasteiger partial charge in [-0.1, -0.05) is 37.6 Å². The van der Waals surface area contributed by atoms with E-state index in [2.05, 4.69) is 32.1 Å². The van der Waals surface area contributed by atoms with Crippen LogP contribution >= 0.6 is 0 Å². The van der Waals surface area contributed by atoms with Gasteiger partial charge in [-0.15, -0.1) is 0 Å². The van der Waals surface area contributed by atoms with Crippen molar-refractivity contribution >= 4 is 0 Å². The van der Waals surface area contributed by atoms with Crippen LogP contribution in [0.2, 0.25) is 0 Å². The molecule has 3 saturated carbocycles. The molecule has 1 unspecified atom stereocenters. The van der Waals surface area contributed by atoms with Gasteiger partial charge in [-0.25, -0.2) is 0 Å². The average molecular weight is 300 g/mol. The van der Waals surface area contributed by atoms with E-state index in [-0.39, 0.29) is 6.10 Å². The molecule has 3 fully saturated rings. The van der Waals surface area contributed by atoms with Gasteiger partial charge in [0, 0.05) is 0 Å². The molecule has 7 atom stereocenters. The Labute approximate surface area is 135 Å². The highest BCUT2D eigenvalue weighted by molar-refractivity contribution is 5.30. The normalized spacial score (nSPS) is 51.5. The number of fused-ring (bicyclic) bond motifs is 5. The maximum absolute atomic E-state index is 10.3. The van der Waals surface area contributed by atoms with Gasteiger partial charge in [-0.3, -0.25) is 0 Å².